The fourth-order valence-corrected chi connectivity index (χ4v) is 1.91. The van der Waals surface area contributed by atoms with Gasteiger partial charge in [0.2, 0.25) is 5.91 Å². The molecule has 1 atom stereocenters. The molecule has 5 nitrogen and oxygen atoms in total. The third-order valence-electron chi connectivity index (χ3n) is 1.57. The van der Waals surface area contributed by atoms with Crippen LogP contribution >= 0.6 is 0 Å². The molecule has 1 amide bonds. The van der Waals surface area contributed by atoms with Crippen molar-refractivity contribution >= 4 is 15.7 Å². The first-order chi connectivity index (χ1) is 5.41. The van der Waals surface area contributed by atoms with E-state index in [1.54, 1.807) is 0 Å². The molecule has 0 bridgehead atoms. The van der Waals surface area contributed by atoms with E-state index in [0.717, 1.165) is 0 Å². The second kappa shape index (κ2) is 4.42. The first-order valence-electron chi connectivity index (χ1n) is 3.62. The topological polar surface area (TPSA) is 103 Å². The number of hydrogen-bond donors (Lipinski definition) is 2. The van der Waals surface area contributed by atoms with Crippen molar-refractivity contribution in [1.29, 1.82) is 0 Å². The molecule has 0 aromatic carbocycles. The fourth-order valence-electron chi connectivity index (χ4n) is 0.638. The quantitative estimate of drug-likeness (QED) is 0.563. The Hall–Kier alpha value is -0.620. The van der Waals surface area contributed by atoms with Gasteiger partial charge in [-0.1, -0.05) is 0 Å². The Bertz CT molecular complexity index is 248. The van der Waals surface area contributed by atoms with Gasteiger partial charge in [-0.15, -0.1) is 0 Å². The van der Waals surface area contributed by atoms with E-state index in [9.17, 15) is 13.2 Å². The molecule has 0 radical (unpaired) electrons. The second-order valence-corrected chi connectivity index (χ2v) is 4.99. The highest BCUT2D eigenvalue weighted by atomic mass is 32.2. The molecule has 12 heavy (non-hydrogen) atoms. The van der Waals surface area contributed by atoms with Gasteiger partial charge in [-0.3, -0.25) is 4.79 Å². The maximum atomic E-state index is 11.2. The summed E-state index contributed by atoms with van der Waals surface area (Å²) in [4.78, 5) is 10.5. The number of rotatable bonds is 5. The Balaban J connectivity index is 4.31. The highest BCUT2D eigenvalue weighted by Gasteiger charge is 2.24. The van der Waals surface area contributed by atoms with Crippen molar-refractivity contribution in [2.24, 2.45) is 11.5 Å². The molecule has 0 aliphatic rings. The van der Waals surface area contributed by atoms with Crippen molar-refractivity contribution < 1.29 is 13.2 Å². The van der Waals surface area contributed by atoms with E-state index < -0.39 is 21.0 Å². The molecule has 4 N–H and O–H groups in total. The van der Waals surface area contributed by atoms with Crippen molar-refractivity contribution in [2.45, 2.75) is 18.6 Å². The Morgan fingerprint density at radius 2 is 2.00 bits per heavy atom. The van der Waals surface area contributed by atoms with Gasteiger partial charge in [0.05, 0.1) is 5.75 Å². The van der Waals surface area contributed by atoms with Crippen LogP contribution in [-0.4, -0.2) is 31.9 Å². The molecule has 0 spiro atoms. The highest BCUT2D eigenvalue weighted by molar-refractivity contribution is 7.92. The number of carbonyl (C=O) groups excluding carboxylic acids is 1. The van der Waals surface area contributed by atoms with Crippen LogP contribution in [0.5, 0.6) is 0 Å². The molecule has 0 aliphatic carbocycles. The summed E-state index contributed by atoms with van der Waals surface area (Å²) in [5, 5.41) is -1.11. The first kappa shape index (κ1) is 11.4. The minimum atomic E-state index is -3.38. The van der Waals surface area contributed by atoms with Crippen LogP contribution in [0.3, 0.4) is 0 Å². The Morgan fingerprint density at radius 1 is 1.50 bits per heavy atom. The maximum Gasteiger partial charge on any atom is 0.235 e. The van der Waals surface area contributed by atoms with Crippen molar-refractivity contribution in [3.63, 3.8) is 0 Å². The first-order valence-corrected chi connectivity index (χ1v) is 5.34. The van der Waals surface area contributed by atoms with Gasteiger partial charge in [0, 0.05) is 0 Å². The molecule has 0 fully saturated rings. The normalized spacial score (nSPS) is 14.2. The number of carbonyl (C=O) groups is 1. The van der Waals surface area contributed by atoms with E-state index in [1.807, 2.05) is 0 Å². The van der Waals surface area contributed by atoms with Crippen molar-refractivity contribution in [2.75, 3.05) is 12.3 Å². The summed E-state index contributed by atoms with van der Waals surface area (Å²) in [5.74, 6) is -0.889. The van der Waals surface area contributed by atoms with Gasteiger partial charge in [0.1, 0.15) is 5.25 Å². The van der Waals surface area contributed by atoms with Crippen LogP contribution in [0.15, 0.2) is 0 Å². The molecule has 0 aromatic heterocycles. The summed E-state index contributed by atoms with van der Waals surface area (Å²) in [6.45, 7) is 1.58. The average Bonchev–Trinajstić information content (AvgIpc) is 1.99. The predicted octanol–water partition coefficient (Wildman–Crippen LogP) is -1.38. The van der Waals surface area contributed by atoms with Crippen LogP contribution in [0, 0.1) is 0 Å². The molecular formula is C6H14N2O3S. The Morgan fingerprint density at radius 3 is 2.33 bits per heavy atom. The highest BCUT2D eigenvalue weighted by Crippen LogP contribution is 2.02. The van der Waals surface area contributed by atoms with E-state index in [-0.39, 0.29) is 5.75 Å². The smallest absolute Gasteiger partial charge is 0.235 e. The molecule has 0 aliphatic heterocycles. The minimum absolute atomic E-state index is 0.0758. The molecule has 0 saturated heterocycles. The standard InChI is InChI=1S/C6H14N2O3S/c1-5(6(8)9)12(10,11)4-2-3-7/h5H,2-4,7H2,1H3,(H2,8,9). The monoisotopic (exact) mass is 194 g/mol. The third kappa shape index (κ3) is 3.19. The number of nitrogens with two attached hydrogens (primary N) is 2. The number of sulfone groups is 1. The maximum absolute atomic E-state index is 11.2. The van der Waals surface area contributed by atoms with Gasteiger partial charge in [0.25, 0.3) is 0 Å². The molecule has 0 saturated carbocycles. The lowest BCUT2D eigenvalue weighted by Crippen LogP contribution is -2.35. The number of amides is 1. The summed E-state index contributed by atoms with van der Waals surface area (Å²) in [6.07, 6.45) is 0.361. The summed E-state index contributed by atoms with van der Waals surface area (Å²) >= 11 is 0. The summed E-state index contributed by atoms with van der Waals surface area (Å²) < 4.78 is 22.3. The van der Waals surface area contributed by atoms with E-state index in [0.29, 0.717) is 13.0 Å². The van der Waals surface area contributed by atoms with Gasteiger partial charge >= 0.3 is 0 Å². The molecular weight excluding hydrogens is 180 g/mol. The Kier molecular flexibility index (Phi) is 4.19. The summed E-state index contributed by atoms with van der Waals surface area (Å²) in [7, 11) is -3.38. The van der Waals surface area contributed by atoms with Gasteiger partial charge in [-0.2, -0.15) is 0 Å². The van der Waals surface area contributed by atoms with Crippen LogP contribution in [0.1, 0.15) is 13.3 Å². The zero-order chi connectivity index (χ0) is 9.78. The molecule has 72 valence electrons. The van der Waals surface area contributed by atoms with Gasteiger partial charge < -0.3 is 11.5 Å². The van der Waals surface area contributed by atoms with Crippen molar-refractivity contribution in [3.05, 3.63) is 0 Å². The summed E-state index contributed by atoms with van der Waals surface area (Å²) in [5.41, 5.74) is 9.98. The second-order valence-electron chi connectivity index (χ2n) is 2.55. The van der Waals surface area contributed by atoms with E-state index in [1.165, 1.54) is 6.92 Å². The van der Waals surface area contributed by atoms with Crippen LogP contribution in [-0.2, 0) is 14.6 Å². The fraction of sp³-hybridized carbons (Fsp3) is 0.833. The lowest BCUT2D eigenvalue weighted by atomic mass is 10.5. The molecule has 6 heteroatoms. The molecule has 1 unspecified atom stereocenters. The zero-order valence-electron chi connectivity index (χ0n) is 6.99. The van der Waals surface area contributed by atoms with Crippen LogP contribution in [0.4, 0.5) is 0 Å². The van der Waals surface area contributed by atoms with E-state index in [2.05, 4.69) is 0 Å². The molecule has 0 heterocycles. The van der Waals surface area contributed by atoms with Crippen LogP contribution in [0.25, 0.3) is 0 Å². The SMILES string of the molecule is CC(C(N)=O)S(=O)(=O)CCCN. The van der Waals surface area contributed by atoms with Gasteiger partial charge in [-0.05, 0) is 19.9 Å². The number of hydrogen-bond acceptors (Lipinski definition) is 4. The van der Waals surface area contributed by atoms with Crippen molar-refractivity contribution in [3.8, 4) is 0 Å². The molecule has 0 aromatic rings. The molecule has 0 rings (SSSR count). The largest absolute Gasteiger partial charge is 0.369 e. The van der Waals surface area contributed by atoms with Crippen molar-refractivity contribution in [1.82, 2.24) is 0 Å². The minimum Gasteiger partial charge on any atom is -0.369 e. The van der Waals surface area contributed by atoms with E-state index >= 15 is 0 Å². The zero-order valence-corrected chi connectivity index (χ0v) is 7.80. The lowest BCUT2D eigenvalue weighted by molar-refractivity contribution is -0.117. The van der Waals surface area contributed by atoms with Gasteiger partial charge in [-0.25, -0.2) is 8.42 Å². The van der Waals surface area contributed by atoms with Crippen LogP contribution in [0.2, 0.25) is 0 Å². The predicted molar refractivity (Wildman–Crippen MR) is 46.1 cm³/mol. The van der Waals surface area contributed by atoms with E-state index in [4.69, 9.17) is 11.5 Å². The average molecular weight is 194 g/mol. The lowest BCUT2D eigenvalue weighted by Gasteiger charge is -2.07. The van der Waals surface area contributed by atoms with Gasteiger partial charge in [0.15, 0.2) is 9.84 Å². The van der Waals surface area contributed by atoms with Crippen LogP contribution < -0.4 is 11.5 Å². The third-order valence-corrected chi connectivity index (χ3v) is 3.74. The summed E-state index contributed by atoms with van der Waals surface area (Å²) in [6, 6.07) is 0. The Labute approximate surface area is 72.0 Å². The number of primary amides is 1.